The number of hydrogen-bond donors (Lipinski definition) is 0. The molecule has 1 aromatic carbocycles. The third-order valence-corrected chi connectivity index (χ3v) is 6.04. The zero-order valence-corrected chi connectivity index (χ0v) is 16.5. The molecule has 1 amide bonds. The number of amides is 1. The van der Waals surface area contributed by atoms with E-state index in [4.69, 9.17) is 9.47 Å². The summed E-state index contributed by atoms with van der Waals surface area (Å²) in [5, 5.41) is 0. The van der Waals surface area contributed by atoms with Crippen molar-refractivity contribution in [3.63, 3.8) is 0 Å². The predicted molar refractivity (Wildman–Crippen MR) is 98.7 cm³/mol. The van der Waals surface area contributed by atoms with Gasteiger partial charge in [-0.3, -0.25) is 4.79 Å². The summed E-state index contributed by atoms with van der Waals surface area (Å²) in [4.78, 5) is 14.1. The van der Waals surface area contributed by atoms with Crippen LogP contribution in [0, 0.1) is 0 Å². The third-order valence-electron chi connectivity index (χ3n) is 4.13. The summed E-state index contributed by atoms with van der Waals surface area (Å²) in [7, 11) is -3.56. The van der Waals surface area contributed by atoms with Crippen LogP contribution in [0.4, 0.5) is 0 Å². The Morgan fingerprint density at radius 2 is 1.73 bits per heavy atom. The summed E-state index contributed by atoms with van der Waals surface area (Å²) in [6, 6.07) is 6.43. The molecule has 0 N–H and O–H groups in total. The van der Waals surface area contributed by atoms with E-state index in [-0.39, 0.29) is 16.9 Å². The van der Waals surface area contributed by atoms with E-state index < -0.39 is 10.0 Å². The monoisotopic (exact) mass is 384 g/mol. The summed E-state index contributed by atoms with van der Waals surface area (Å²) >= 11 is 0. The Balaban J connectivity index is 1.90. The topological polar surface area (TPSA) is 76.2 Å². The molecule has 1 saturated heterocycles. The highest BCUT2D eigenvalue weighted by Crippen LogP contribution is 2.21. The van der Waals surface area contributed by atoms with Gasteiger partial charge < -0.3 is 14.4 Å². The van der Waals surface area contributed by atoms with Gasteiger partial charge in [-0.1, -0.05) is 0 Å². The van der Waals surface area contributed by atoms with E-state index in [1.54, 1.807) is 29.2 Å². The highest BCUT2D eigenvalue weighted by atomic mass is 32.2. The number of carbonyl (C=O) groups excluding carboxylic acids is 1. The zero-order chi connectivity index (χ0) is 19.2. The maximum atomic E-state index is 12.7. The number of piperazine rings is 1. The van der Waals surface area contributed by atoms with Gasteiger partial charge >= 0.3 is 0 Å². The number of carbonyl (C=O) groups is 1. The standard InChI is InChI=1S/C18H28N2O5S/c1-4-24-16-5-7-17(8-6-16)26(22,23)20-12-10-19(11-13-20)18(21)9-14-25-15(2)3/h5-8,15H,4,9-14H2,1-3H3. The molecule has 0 atom stereocenters. The second-order valence-electron chi connectivity index (χ2n) is 6.36. The molecule has 0 spiro atoms. The minimum atomic E-state index is -3.56. The molecule has 1 aromatic rings. The van der Waals surface area contributed by atoms with Crippen LogP contribution in [0.15, 0.2) is 29.2 Å². The van der Waals surface area contributed by atoms with Crippen LogP contribution in [-0.2, 0) is 19.6 Å². The lowest BCUT2D eigenvalue weighted by atomic mass is 10.3. The van der Waals surface area contributed by atoms with Gasteiger partial charge in [-0.05, 0) is 45.0 Å². The van der Waals surface area contributed by atoms with Gasteiger partial charge in [0.25, 0.3) is 0 Å². The van der Waals surface area contributed by atoms with Crippen LogP contribution in [-0.4, -0.2) is 69.0 Å². The molecule has 1 fully saturated rings. The van der Waals surface area contributed by atoms with Crippen molar-refractivity contribution in [2.24, 2.45) is 0 Å². The Morgan fingerprint density at radius 3 is 2.27 bits per heavy atom. The van der Waals surface area contributed by atoms with Gasteiger partial charge in [-0.25, -0.2) is 8.42 Å². The highest BCUT2D eigenvalue weighted by molar-refractivity contribution is 7.89. The molecule has 146 valence electrons. The lowest BCUT2D eigenvalue weighted by Crippen LogP contribution is -2.50. The van der Waals surface area contributed by atoms with E-state index in [0.717, 1.165) is 0 Å². The van der Waals surface area contributed by atoms with E-state index in [0.29, 0.717) is 51.6 Å². The van der Waals surface area contributed by atoms with Gasteiger partial charge in [0.1, 0.15) is 5.75 Å². The molecular weight excluding hydrogens is 356 g/mol. The predicted octanol–water partition coefficient (Wildman–Crippen LogP) is 1.73. The molecule has 1 aliphatic heterocycles. The first-order valence-electron chi connectivity index (χ1n) is 8.97. The Hall–Kier alpha value is -1.64. The largest absolute Gasteiger partial charge is 0.494 e. The minimum Gasteiger partial charge on any atom is -0.494 e. The van der Waals surface area contributed by atoms with Gasteiger partial charge in [0.15, 0.2) is 0 Å². The molecule has 0 saturated carbocycles. The van der Waals surface area contributed by atoms with Crippen molar-refractivity contribution in [2.45, 2.75) is 38.2 Å². The van der Waals surface area contributed by atoms with Crippen molar-refractivity contribution < 1.29 is 22.7 Å². The number of benzene rings is 1. The first-order chi connectivity index (χ1) is 12.3. The molecule has 0 radical (unpaired) electrons. The van der Waals surface area contributed by atoms with Crippen LogP contribution in [0.3, 0.4) is 0 Å². The summed E-state index contributed by atoms with van der Waals surface area (Å²) in [5.41, 5.74) is 0. The Morgan fingerprint density at radius 1 is 1.12 bits per heavy atom. The molecule has 0 unspecified atom stereocenters. The summed E-state index contributed by atoms with van der Waals surface area (Å²) < 4.78 is 37.7. The van der Waals surface area contributed by atoms with E-state index in [1.807, 2.05) is 20.8 Å². The number of nitrogens with zero attached hydrogens (tertiary/aromatic N) is 2. The van der Waals surface area contributed by atoms with Crippen molar-refractivity contribution >= 4 is 15.9 Å². The first-order valence-corrected chi connectivity index (χ1v) is 10.4. The number of hydrogen-bond acceptors (Lipinski definition) is 5. The van der Waals surface area contributed by atoms with Crippen LogP contribution in [0.25, 0.3) is 0 Å². The molecule has 2 rings (SSSR count). The summed E-state index contributed by atoms with van der Waals surface area (Å²) in [6.07, 6.45) is 0.419. The summed E-state index contributed by atoms with van der Waals surface area (Å²) in [6.45, 7) is 8.04. The van der Waals surface area contributed by atoms with E-state index in [9.17, 15) is 13.2 Å². The van der Waals surface area contributed by atoms with Crippen molar-refractivity contribution in [1.29, 1.82) is 0 Å². The lowest BCUT2D eigenvalue weighted by molar-refractivity contribution is -0.133. The molecule has 1 heterocycles. The fourth-order valence-electron chi connectivity index (χ4n) is 2.74. The van der Waals surface area contributed by atoms with Gasteiger partial charge in [-0.15, -0.1) is 0 Å². The average Bonchev–Trinajstić information content (AvgIpc) is 2.62. The second kappa shape index (κ2) is 9.34. The van der Waals surface area contributed by atoms with Crippen molar-refractivity contribution in [1.82, 2.24) is 9.21 Å². The van der Waals surface area contributed by atoms with E-state index in [1.165, 1.54) is 4.31 Å². The number of sulfonamides is 1. The summed E-state index contributed by atoms with van der Waals surface area (Å²) in [5.74, 6) is 0.647. The van der Waals surface area contributed by atoms with Crippen LogP contribution in [0.1, 0.15) is 27.2 Å². The molecule has 8 heteroatoms. The van der Waals surface area contributed by atoms with Crippen LogP contribution >= 0.6 is 0 Å². The molecule has 7 nitrogen and oxygen atoms in total. The van der Waals surface area contributed by atoms with E-state index in [2.05, 4.69) is 0 Å². The zero-order valence-electron chi connectivity index (χ0n) is 15.7. The molecule has 0 aromatic heterocycles. The van der Waals surface area contributed by atoms with Gasteiger partial charge in [0.05, 0.1) is 30.6 Å². The molecule has 0 bridgehead atoms. The fraction of sp³-hybridized carbons (Fsp3) is 0.611. The van der Waals surface area contributed by atoms with Gasteiger partial charge in [0, 0.05) is 26.2 Å². The van der Waals surface area contributed by atoms with Gasteiger partial charge in [0.2, 0.25) is 15.9 Å². The Labute approximate surface area is 155 Å². The molecular formula is C18H28N2O5S. The Kier molecular flexibility index (Phi) is 7.43. The maximum Gasteiger partial charge on any atom is 0.243 e. The number of rotatable bonds is 8. The SMILES string of the molecule is CCOc1ccc(S(=O)(=O)N2CCN(C(=O)CCOC(C)C)CC2)cc1. The Bertz CT molecular complexity index is 680. The van der Waals surface area contributed by atoms with Crippen molar-refractivity contribution in [2.75, 3.05) is 39.4 Å². The second-order valence-corrected chi connectivity index (χ2v) is 8.30. The molecule has 1 aliphatic rings. The molecule has 26 heavy (non-hydrogen) atoms. The normalized spacial score (nSPS) is 16.1. The minimum absolute atomic E-state index is 0.00349. The van der Waals surface area contributed by atoms with Crippen LogP contribution in [0.2, 0.25) is 0 Å². The van der Waals surface area contributed by atoms with Crippen LogP contribution < -0.4 is 4.74 Å². The van der Waals surface area contributed by atoms with Gasteiger partial charge in [-0.2, -0.15) is 4.31 Å². The fourth-order valence-corrected chi connectivity index (χ4v) is 4.16. The van der Waals surface area contributed by atoms with Crippen molar-refractivity contribution in [3.8, 4) is 5.75 Å². The quantitative estimate of drug-likeness (QED) is 0.682. The average molecular weight is 384 g/mol. The van der Waals surface area contributed by atoms with E-state index >= 15 is 0 Å². The first kappa shape index (κ1) is 20.7. The van der Waals surface area contributed by atoms with Crippen LogP contribution in [0.5, 0.6) is 5.75 Å². The molecule has 0 aliphatic carbocycles. The third kappa shape index (κ3) is 5.43. The number of ether oxygens (including phenoxy) is 2. The highest BCUT2D eigenvalue weighted by Gasteiger charge is 2.29. The smallest absolute Gasteiger partial charge is 0.243 e. The maximum absolute atomic E-state index is 12.7. The lowest BCUT2D eigenvalue weighted by Gasteiger charge is -2.34. The van der Waals surface area contributed by atoms with Crippen molar-refractivity contribution in [3.05, 3.63) is 24.3 Å².